The van der Waals surface area contributed by atoms with E-state index in [1.165, 1.54) is 0 Å². The summed E-state index contributed by atoms with van der Waals surface area (Å²) < 4.78 is 5.07. The molecule has 0 heterocycles. The summed E-state index contributed by atoms with van der Waals surface area (Å²) >= 11 is 0. The van der Waals surface area contributed by atoms with Gasteiger partial charge < -0.3 is 9.84 Å². The molecule has 2 heteroatoms. The molecular weight excluding hydrogens is 128 g/mol. The molecule has 0 aromatic carbocycles. The maximum Gasteiger partial charge on any atom is 0.0789 e. The van der Waals surface area contributed by atoms with Crippen LogP contribution in [0, 0.1) is 0 Å². The van der Waals surface area contributed by atoms with E-state index in [9.17, 15) is 0 Å². The lowest BCUT2D eigenvalue weighted by molar-refractivity contribution is 0.142. The van der Waals surface area contributed by atoms with Gasteiger partial charge in [0.25, 0.3) is 0 Å². The molecule has 0 aromatic rings. The monoisotopic (exact) mass is 140 g/mol. The van der Waals surface area contributed by atoms with Gasteiger partial charge in [0.1, 0.15) is 0 Å². The van der Waals surface area contributed by atoms with E-state index in [4.69, 9.17) is 9.84 Å². The van der Waals surface area contributed by atoms with Gasteiger partial charge in [-0.15, -0.1) is 0 Å². The van der Waals surface area contributed by atoms with Gasteiger partial charge in [-0.25, -0.2) is 0 Å². The predicted molar refractivity (Wildman–Crippen MR) is 39.7 cm³/mol. The van der Waals surface area contributed by atoms with Crippen LogP contribution in [0.5, 0.6) is 0 Å². The molecule has 2 nitrogen and oxygen atoms in total. The molecule has 0 amide bonds. The zero-order chi connectivity index (χ0) is 7.40. The SMILES string of the molecule is COC1C=CC(CO)=CC1. The van der Waals surface area contributed by atoms with E-state index in [1.807, 2.05) is 18.2 Å². The summed E-state index contributed by atoms with van der Waals surface area (Å²) in [5, 5.41) is 8.69. The molecule has 56 valence electrons. The summed E-state index contributed by atoms with van der Waals surface area (Å²) in [6.45, 7) is 0.132. The third-order valence-corrected chi connectivity index (χ3v) is 1.62. The fourth-order valence-corrected chi connectivity index (χ4v) is 0.937. The Morgan fingerprint density at radius 1 is 1.80 bits per heavy atom. The van der Waals surface area contributed by atoms with Crippen molar-refractivity contribution in [2.75, 3.05) is 13.7 Å². The summed E-state index contributed by atoms with van der Waals surface area (Å²) in [4.78, 5) is 0. The topological polar surface area (TPSA) is 29.5 Å². The molecule has 1 unspecified atom stereocenters. The first-order chi connectivity index (χ1) is 4.86. The Hall–Kier alpha value is -0.600. The lowest BCUT2D eigenvalue weighted by Crippen LogP contribution is -2.09. The first-order valence-electron chi connectivity index (χ1n) is 3.37. The number of ether oxygens (including phenoxy) is 1. The van der Waals surface area contributed by atoms with Crippen molar-refractivity contribution < 1.29 is 9.84 Å². The molecule has 0 aromatic heterocycles. The molecule has 1 atom stereocenters. The van der Waals surface area contributed by atoms with Gasteiger partial charge in [0.2, 0.25) is 0 Å². The van der Waals surface area contributed by atoms with Gasteiger partial charge in [0, 0.05) is 7.11 Å². The predicted octanol–water partition coefficient (Wildman–Crippen LogP) is 0.880. The van der Waals surface area contributed by atoms with E-state index in [-0.39, 0.29) is 12.7 Å². The van der Waals surface area contributed by atoms with Crippen molar-refractivity contribution in [2.24, 2.45) is 0 Å². The Balaban J connectivity index is 2.46. The third kappa shape index (κ3) is 1.69. The number of aliphatic hydroxyl groups is 1. The summed E-state index contributed by atoms with van der Waals surface area (Å²) in [7, 11) is 1.69. The van der Waals surface area contributed by atoms with Gasteiger partial charge in [-0.1, -0.05) is 18.2 Å². The number of rotatable bonds is 2. The molecule has 0 aliphatic heterocycles. The lowest BCUT2D eigenvalue weighted by atomic mass is 10.1. The fraction of sp³-hybridized carbons (Fsp3) is 0.500. The van der Waals surface area contributed by atoms with Crippen molar-refractivity contribution in [3.8, 4) is 0 Å². The maximum absolute atomic E-state index is 8.69. The highest BCUT2D eigenvalue weighted by atomic mass is 16.5. The Kier molecular flexibility index (Phi) is 2.66. The third-order valence-electron chi connectivity index (χ3n) is 1.62. The second kappa shape index (κ2) is 3.54. The molecule has 0 radical (unpaired) electrons. The van der Waals surface area contributed by atoms with Crippen molar-refractivity contribution in [1.29, 1.82) is 0 Å². The number of methoxy groups -OCH3 is 1. The van der Waals surface area contributed by atoms with Crippen LogP contribution >= 0.6 is 0 Å². The van der Waals surface area contributed by atoms with Gasteiger partial charge in [-0.2, -0.15) is 0 Å². The minimum Gasteiger partial charge on any atom is -0.392 e. The Bertz CT molecular complexity index is 159. The smallest absolute Gasteiger partial charge is 0.0789 e. The quantitative estimate of drug-likeness (QED) is 0.617. The zero-order valence-electron chi connectivity index (χ0n) is 6.08. The van der Waals surface area contributed by atoms with Crippen LogP contribution in [0.1, 0.15) is 6.42 Å². The van der Waals surface area contributed by atoms with Gasteiger partial charge >= 0.3 is 0 Å². The molecule has 0 fully saturated rings. The van der Waals surface area contributed by atoms with Crippen molar-refractivity contribution >= 4 is 0 Å². The first kappa shape index (κ1) is 7.51. The minimum atomic E-state index is 0.132. The van der Waals surface area contributed by atoms with Crippen LogP contribution in [0.3, 0.4) is 0 Å². The van der Waals surface area contributed by atoms with Crippen LogP contribution in [-0.4, -0.2) is 24.9 Å². The zero-order valence-corrected chi connectivity index (χ0v) is 6.08. The van der Waals surface area contributed by atoms with E-state index in [2.05, 4.69) is 0 Å². The summed E-state index contributed by atoms with van der Waals surface area (Å²) in [5.41, 5.74) is 0.980. The highest BCUT2D eigenvalue weighted by molar-refractivity contribution is 5.24. The normalized spacial score (nSPS) is 24.6. The van der Waals surface area contributed by atoms with Crippen LogP contribution in [-0.2, 0) is 4.74 Å². The van der Waals surface area contributed by atoms with E-state index >= 15 is 0 Å². The first-order valence-corrected chi connectivity index (χ1v) is 3.37. The molecule has 1 N–H and O–H groups in total. The largest absolute Gasteiger partial charge is 0.392 e. The molecule has 0 spiro atoms. The van der Waals surface area contributed by atoms with E-state index in [0.717, 1.165) is 12.0 Å². The van der Waals surface area contributed by atoms with E-state index < -0.39 is 0 Å². The second-order valence-electron chi connectivity index (χ2n) is 2.31. The average molecular weight is 140 g/mol. The summed E-state index contributed by atoms with van der Waals surface area (Å²) in [5.74, 6) is 0. The Labute approximate surface area is 60.8 Å². The standard InChI is InChI=1S/C8H12O2/c1-10-8-4-2-7(6-9)3-5-8/h2-4,8-9H,5-6H2,1H3. The molecule has 10 heavy (non-hydrogen) atoms. The molecule has 0 bridgehead atoms. The van der Waals surface area contributed by atoms with Crippen molar-refractivity contribution in [3.05, 3.63) is 23.8 Å². The fourth-order valence-electron chi connectivity index (χ4n) is 0.937. The van der Waals surface area contributed by atoms with Crippen LogP contribution in [0.2, 0.25) is 0 Å². The van der Waals surface area contributed by atoms with Crippen molar-refractivity contribution in [1.82, 2.24) is 0 Å². The van der Waals surface area contributed by atoms with Crippen LogP contribution in [0.25, 0.3) is 0 Å². The highest BCUT2D eigenvalue weighted by Crippen LogP contribution is 2.11. The van der Waals surface area contributed by atoms with Crippen LogP contribution in [0.15, 0.2) is 23.8 Å². The van der Waals surface area contributed by atoms with E-state index in [0.29, 0.717) is 0 Å². The average Bonchev–Trinajstić information content (AvgIpc) is 2.05. The van der Waals surface area contributed by atoms with Crippen molar-refractivity contribution in [2.45, 2.75) is 12.5 Å². The van der Waals surface area contributed by atoms with Gasteiger partial charge in [0.05, 0.1) is 12.7 Å². The molecule has 0 saturated carbocycles. The molecular formula is C8H12O2. The highest BCUT2D eigenvalue weighted by Gasteiger charge is 2.05. The molecule has 0 saturated heterocycles. The van der Waals surface area contributed by atoms with E-state index in [1.54, 1.807) is 7.11 Å². The second-order valence-corrected chi connectivity index (χ2v) is 2.31. The summed E-state index contributed by atoms with van der Waals surface area (Å²) in [6.07, 6.45) is 6.94. The Morgan fingerprint density at radius 3 is 3.00 bits per heavy atom. The van der Waals surface area contributed by atoms with Crippen LogP contribution in [0.4, 0.5) is 0 Å². The van der Waals surface area contributed by atoms with Crippen LogP contribution < -0.4 is 0 Å². The molecule has 1 aliphatic carbocycles. The van der Waals surface area contributed by atoms with Gasteiger partial charge in [-0.3, -0.25) is 0 Å². The molecule has 1 rings (SSSR count). The number of aliphatic hydroxyl groups excluding tert-OH is 1. The maximum atomic E-state index is 8.69. The Morgan fingerprint density at radius 2 is 2.60 bits per heavy atom. The summed E-state index contributed by atoms with van der Waals surface area (Å²) in [6, 6.07) is 0. The minimum absolute atomic E-state index is 0.132. The molecule has 1 aliphatic rings. The van der Waals surface area contributed by atoms with Crippen molar-refractivity contribution in [3.63, 3.8) is 0 Å². The van der Waals surface area contributed by atoms with Gasteiger partial charge in [-0.05, 0) is 12.0 Å². The lowest BCUT2D eigenvalue weighted by Gasteiger charge is -2.12. The van der Waals surface area contributed by atoms with Gasteiger partial charge in [0.15, 0.2) is 0 Å². The number of hydrogen-bond donors (Lipinski definition) is 1. The number of hydrogen-bond acceptors (Lipinski definition) is 2.